The molecule has 3 N–H and O–H groups in total. The summed E-state index contributed by atoms with van der Waals surface area (Å²) in [6, 6.07) is 5.07. The number of halogens is 3. The van der Waals surface area contributed by atoms with Gasteiger partial charge < -0.3 is 16.0 Å². The van der Waals surface area contributed by atoms with Crippen LogP contribution in [0.2, 0.25) is 0 Å². The van der Waals surface area contributed by atoms with Crippen LogP contribution in [-0.4, -0.2) is 34.6 Å². The predicted molar refractivity (Wildman–Crippen MR) is 90.9 cm³/mol. The van der Waals surface area contributed by atoms with E-state index >= 15 is 0 Å². The lowest BCUT2D eigenvalue weighted by molar-refractivity contribution is -0.137. The number of nitrogens with zero attached hydrogens (tertiary/aromatic N) is 4. The molecule has 0 saturated carbocycles. The standard InChI is InChI=1S/C16H18F3N7/c1-10(21-2)5-6-22-14-13(16(17,18)19)9-24-15(26-14)25-12-4-3-11(7-20)23-8-12/h3-4,8-10,21H,5-6H2,1-2H3,(H2,22,24,25,26). The number of nitrogens with one attached hydrogen (secondary N) is 3. The monoisotopic (exact) mass is 365 g/mol. The van der Waals surface area contributed by atoms with E-state index in [0.717, 1.165) is 6.20 Å². The van der Waals surface area contributed by atoms with E-state index in [2.05, 4.69) is 30.9 Å². The van der Waals surface area contributed by atoms with Crippen molar-refractivity contribution in [3.8, 4) is 6.07 Å². The second kappa shape index (κ2) is 8.44. The largest absolute Gasteiger partial charge is 0.421 e. The van der Waals surface area contributed by atoms with E-state index in [-0.39, 0.29) is 23.5 Å². The fourth-order valence-corrected chi connectivity index (χ4v) is 2.00. The third-order valence-corrected chi connectivity index (χ3v) is 3.59. The molecule has 0 aliphatic heterocycles. The van der Waals surface area contributed by atoms with Gasteiger partial charge in [0.05, 0.1) is 11.9 Å². The van der Waals surface area contributed by atoms with E-state index in [1.54, 1.807) is 13.1 Å². The minimum atomic E-state index is -4.56. The van der Waals surface area contributed by atoms with Crippen LogP contribution in [0.4, 0.5) is 30.6 Å². The van der Waals surface area contributed by atoms with Gasteiger partial charge in [-0.3, -0.25) is 0 Å². The normalized spacial score (nSPS) is 12.3. The Hall–Kier alpha value is -2.93. The van der Waals surface area contributed by atoms with Crippen LogP contribution in [0.25, 0.3) is 0 Å². The van der Waals surface area contributed by atoms with Gasteiger partial charge in [-0.25, -0.2) is 9.97 Å². The van der Waals surface area contributed by atoms with Crippen LogP contribution in [0.1, 0.15) is 24.6 Å². The van der Waals surface area contributed by atoms with Crippen LogP contribution < -0.4 is 16.0 Å². The first-order chi connectivity index (χ1) is 12.3. The highest BCUT2D eigenvalue weighted by Crippen LogP contribution is 2.34. The predicted octanol–water partition coefficient (Wildman–Crippen LogP) is 2.92. The van der Waals surface area contributed by atoms with E-state index < -0.39 is 11.7 Å². The molecule has 0 aliphatic carbocycles. The third kappa shape index (κ3) is 5.29. The van der Waals surface area contributed by atoms with Crippen LogP contribution in [0.5, 0.6) is 0 Å². The lowest BCUT2D eigenvalue weighted by Crippen LogP contribution is -2.24. The minimum Gasteiger partial charge on any atom is -0.369 e. The zero-order valence-electron chi connectivity index (χ0n) is 14.2. The maximum atomic E-state index is 13.1. The summed E-state index contributed by atoms with van der Waals surface area (Å²) >= 11 is 0. The first-order valence-corrected chi connectivity index (χ1v) is 7.82. The molecule has 0 radical (unpaired) electrons. The minimum absolute atomic E-state index is 0.00586. The average molecular weight is 365 g/mol. The van der Waals surface area contributed by atoms with Gasteiger partial charge >= 0.3 is 6.18 Å². The van der Waals surface area contributed by atoms with Crippen molar-refractivity contribution in [1.82, 2.24) is 20.3 Å². The molecular weight excluding hydrogens is 347 g/mol. The summed E-state index contributed by atoms with van der Waals surface area (Å²) in [5, 5.41) is 17.2. The molecule has 1 atom stereocenters. The second-order valence-corrected chi connectivity index (χ2v) is 5.53. The molecule has 0 spiro atoms. The number of hydrogen-bond donors (Lipinski definition) is 3. The van der Waals surface area contributed by atoms with Crippen LogP contribution in [0.3, 0.4) is 0 Å². The topological polar surface area (TPSA) is 98.6 Å². The molecule has 10 heteroatoms. The molecule has 2 aromatic rings. The van der Waals surface area contributed by atoms with Crippen molar-refractivity contribution in [2.24, 2.45) is 0 Å². The van der Waals surface area contributed by atoms with Gasteiger partial charge in [-0.15, -0.1) is 0 Å². The number of hydrogen-bond acceptors (Lipinski definition) is 7. The van der Waals surface area contributed by atoms with Gasteiger partial charge in [-0.1, -0.05) is 0 Å². The summed E-state index contributed by atoms with van der Waals surface area (Å²) in [5.41, 5.74) is -0.249. The van der Waals surface area contributed by atoms with Crippen molar-refractivity contribution in [3.05, 3.63) is 35.8 Å². The molecule has 0 bridgehead atoms. The van der Waals surface area contributed by atoms with Crippen LogP contribution in [0, 0.1) is 11.3 Å². The van der Waals surface area contributed by atoms with Crippen molar-refractivity contribution in [2.75, 3.05) is 24.2 Å². The quantitative estimate of drug-likeness (QED) is 0.694. The summed E-state index contributed by atoms with van der Waals surface area (Å²) in [7, 11) is 1.78. The van der Waals surface area contributed by atoms with Crippen molar-refractivity contribution < 1.29 is 13.2 Å². The lowest BCUT2D eigenvalue weighted by atomic mass is 10.2. The zero-order chi connectivity index (χ0) is 19.2. The second-order valence-electron chi connectivity index (χ2n) is 5.53. The molecule has 138 valence electrons. The molecule has 26 heavy (non-hydrogen) atoms. The molecule has 0 saturated heterocycles. The molecule has 2 heterocycles. The van der Waals surface area contributed by atoms with Crippen LogP contribution in [0.15, 0.2) is 24.5 Å². The molecule has 7 nitrogen and oxygen atoms in total. The molecule has 0 aliphatic rings. The summed E-state index contributed by atoms with van der Waals surface area (Å²) in [4.78, 5) is 11.5. The van der Waals surface area contributed by atoms with E-state index in [4.69, 9.17) is 5.26 Å². The molecule has 0 aromatic carbocycles. The zero-order valence-corrected chi connectivity index (χ0v) is 14.2. The Bertz CT molecular complexity index is 769. The molecular formula is C16H18F3N7. The van der Waals surface area contributed by atoms with Crippen molar-refractivity contribution in [2.45, 2.75) is 25.6 Å². The van der Waals surface area contributed by atoms with Gasteiger partial charge in [0.2, 0.25) is 5.95 Å². The van der Waals surface area contributed by atoms with E-state index in [1.807, 2.05) is 13.0 Å². The van der Waals surface area contributed by atoms with E-state index in [9.17, 15) is 13.2 Å². The van der Waals surface area contributed by atoms with Crippen molar-refractivity contribution in [3.63, 3.8) is 0 Å². The van der Waals surface area contributed by atoms with Gasteiger partial charge in [0.15, 0.2) is 0 Å². The number of pyridine rings is 1. The first-order valence-electron chi connectivity index (χ1n) is 7.82. The smallest absolute Gasteiger partial charge is 0.369 e. The number of anilines is 3. The fraction of sp³-hybridized carbons (Fsp3) is 0.375. The highest BCUT2D eigenvalue weighted by molar-refractivity contribution is 5.56. The highest BCUT2D eigenvalue weighted by Gasteiger charge is 2.35. The Kier molecular flexibility index (Phi) is 6.30. The van der Waals surface area contributed by atoms with Crippen molar-refractivity contribution >= 4 is 17.5 Å². The van der Waals surface area contributed by atoms with Crippen LogP contribution >= 0.6 is 0 Å². The van der Waals surface area contributed by atoms with Crippen molar-refractivity contribution in [1.29, 1.82) is 5.26 Å². The molecule has 2 rings (SSSR count). The van der Waals surface area contributed by atoms with Gasteiger partial charge in [-0.05, 0) is 32.5 Å². The summed E-state index contributed by atoms with van der Waals surface area (Å²) < 4.78 is 39.4. The number of alkyl halides is 3. The molecule has 0 amide bonds. The van der Waals surface area contributed by atoms with Gasteiger partial charge in [0.1, 0.15) is 23.1 Å². The summed E-state index contributed by atoms with van der Waals surface area (Å²) in [6.45, 7) is 2.25. The average Bonchev–Trinajstić information content (AvgIpc) is 2.61. The maximum Gasteiger partial charge on any atom is 0.421 e. The maximum absolute atomic E-state index is 13.1. The Morgan fingerprint density at radius 1 is 1.23 bits per heavy atom. The Morgan fingerprint density at radius 3 is 2.58 bits per heavy atom. The first kappa shape index (κ1) is 19.4. The molecule has 1 unspecified atom stereocenters. The van der Waals surface area contributed by atoms with E-state index in [1.165, 1.54) is 12.3 Å². The Balaban J connectivity index is 2.19. The van der Waals surface area contributed by atoms with Crippen LogP contribution in [-0.2, 0) is 6.18 Å². The third-order valence-electron chi connectivity index (χ3n) is 3.59. The van der Waals surface area contributed by atoms with Gasteiger partial charge in [0.25, 0.3) is 0 Å². The number of rotatable bonds is 7. The lowest BCUT2D eigenvalue weighted by Gasteiger charge is -2.16. The Morgan fingerprint density at radius 2 is 2.00 bits per heavy atom. The Labute approximate surface area is 148 Å². The number of nitriles is 1. The summed E-state index contributed by atoms with van der Waals surface area (Å²) in [6.07, 6.45) is -1.83. The van der Waals surface area contributed by atoms with Gasteiger partial charge in [0, 0.05) is 18.8 Å². The molecule has 2 aromatic heterocycles. The fourth-order valence-electron chi connectivity index (χ4n) is 2.00. The van der Waals surface area contributed by atoms with Gasteiger partial charge in [-0.2, -0.15) is 23.4 Å². The SMILES string of the molecule is CNC(C)CCNc1nc(Nc2ccc(C#N)nc2)ncc1C(F)(F)F. The number of aromatic nitrogens is 3. The highest BCUT2D eigenvalue weighted by atomic mass is 19.4. The summed E-state index contributed by atoms with van der Waals surface area (Å²) in [5.74, 6) is -0.298. The van der Waals surface area contributed by atoms with E-state index in [0.29, 0.717) is 18.7 Å². The molecule has 0 fully saturated rings.